The lowest BCUT2D eigenvalue weighted by molar-refractivity contribution is -0.131. The molecule has 0 bridgehead atoms. The number of hydrogen-bond acceptors (Lipinski definition) is 3. The van der Waals surface area contributed by atoms with Gasteiger partial charge in [0.15, 0.2) is 0 Å². The number of imidazole rings is 1. The van der Waals surface area contributed by atoms with Gasteiger partial charge in [-0.25, -0.2) is 4.98 Å². The number of nitrogens with zero attached hydrogens (tertiary/aromatic N) is 2. The Morgan fingerprint density at radius 1 is 1.03 bits per heavy atom. The van der Waals surface area contributed by atoms with Gasteiger partial charge in [-0.1, -0.05) is 19.1 Å². The van der Waals surface area contributed by atoms with E-state index >= 15 is 0 Å². The van der Waals surface area contributed by atoms with Gasteiger partial charge in [0.25, 0.3) is 0 Å². The summed E-state index contributed by atoms with van der Waals surface area (Å²) in [6, 6.07) is 8.19. The summed E-state index contributed by atoms with van der Waals surface area (Å²) < 4.78 is 2.11. The van der Waals surface area contributed by atoms with Gasteiger partial charge < -0.3 is 9.67 Å². The van der Waals surface area contributed by atoms with Crippen molar-refractivity contribution < 1.29 is 9.90 Å². The molecule has 2 aromatic rings. The highest BCUT2D eigenvalue weighted by Gasteiger charge is 2.58. The molecule has 0 radical (unpaired) electrons. The number of aliphatic hydroxyl groups is 1. The molecule has 1 N–H and O–H groups in total. The van der Waals surface area contributed by atoms with Crippen molar-refractivity contribution in [2.45, 2.75) is 83.7 Å². The Morgan fingerprint density at radius 3 is 2.64 bits per heavy atom. The Labute approximate surface area is 198 Å². The van der Waals surface area contributed by atoms with Crippen molar-refractivity contribution in [1.82, 2.24) is 9.55 Å². The van der Waals surface area contributed by atoms with Gasteiger partial charge in [-0.15, -0.1) is 0 Å². The smallest absolute Gasteiger partial charge is 0.144 e. The van der Waals surface area contributed by atoms with Crippen LogP contribution in [0.5, 0.6) is 0 Å². The lowest BCUT2D eigenvalue weighted by atomic mass is 9.49. The highest BCUT2D eigenvalue weighted by atomic mass is 16.3. The third-order valence-electron chi connectivity index (χ3n) is 10.8. The zero-order valence-corrected chi connectivity index (χ0v) is 20.6. The molecule has 0 spiro atoms. The molecule has 4 saturated carbocycles. The molecule has 8 unspecified atom stereocenters. The number of ketones is 1. The fraction of sp³-hybridized carbons (Fsp3) is 0.724. The van der Waals surface area contributed by atoms with E-state index < -0.39 is 5.60 Å². The van der Waals surface area contributed by atoms with Gasteiger partial charge in [0.05, 0.1) is 23.1 Å². The standard InChI is InChI=1S/C29H40N2O2/c1-28(33)14-12-19-18(17-28)8-9-21-20(19)13-15-29(2)22(21)10-11-23(29)26(32)16-27-30-24-6-4-5-7-25(24)31(27)3/h4-7,18-23,33H,8-17H2,1-3H3. The third kappa shape index (κ3) is 3.42. The minimum absolute atomic E-state index is 0.163. The first-order chi connectivity index (χ1) is 15.8. The van der Waals surface area contributed by atoms with Crippen LogP contribution in [0.4, 0.5) is 0 Å². The van der Waals surface area contributed by atoms with Crippen LogP contribution in [0.15, 0.2) is 24.3 Å². The van der Waals surface area contributed by atoms with Gasteiger partial charge in [0.1, 0.15) is 11.6 Å². The summed E-state index contributed by atoms with van der Waals surface area (Å²) in [7, 11) is 2.04. The van der Waals surface area contributed by atoms with Crippen LogP contribution in [-0.4, -0.2) is 26.0 Å². The lowest BCUT2D eigenvalue weighted by Crippen LogP contribution is -2.51. The topological polar surface area (TPSA) is 55.1 Å². The van der Waals surface area contributed by atoms with E-state index in [2.05, 4.69) is 17.6 Å². The maximum atomic E-state index is 13.7. The van der Waals surface area contributed by atoms with Crippen molar-refractivity contribution >= 4 is 16.8 Å². The zero-order valence-electron chi connectivity index (χ0n) is 20.6. The second-order valence-corrected chi connectivity index (χ2v) is 12.6. The van der Waals surface area contributed by atoms with Gasteiger partial charge in [-0.05, 0) is 112 Å². The molecule has 0 saturated heterocycles. The minimum atomic E-state index is -0.447. The van der Waals surface area contributed by atoms with Crippen molar-refractivity contribution in [3.05, 3.63) is 30.1 Å². The largest absolute Gasteiger partial charge is 0.390 e. The number of aromatic nitrogens is 2. The molecule has 1 heterocycles. The quantitative estimate of drug-likeness (QED) is 0.655. The number of fused-ring (bicyclic) bond motifs is 6. The van der Waals surface area contributed by atoms with E-state index in [1.165, 1.54) is 38.5 Å². The van der Waals surface area contributed by atoms with Crippen molar-refractivity contribution in [3.8, 4) is 0 Å². The first-order valence-corrected chi connectivity index (χ1v) is 13.4. The van der Waals surface area contributed by atoms with Crippen LogP contribution < -0.4 is 0 Å². The first-order valence-electron chi connectivity index (χ1n) is 13.4. The first kappa shape index (κ1) is 21.8. The predicted octanol–water partition coefficient (Wildman–Crippen LogP) is 5.70. The predicted molar refractivity (Wildman–Crippen MR) is 131 cm³/mol. The summed E-state index contributed by atoms with van der Waals surface area (Å²) in [5.41, 5.74) is 1.81. The van der Waals surface area contributed by atoms with E-state index in [1.807, 2.05) is 32.2 Å². The highest BCUT2D eigenvalue weighted by molar-refractivity contribution is 5.85. The minimum Gasteiger partial charge on any atom is -0.390 e. The molecule has 6 rings (SSSR count). The van der Waals surface area contributed by atoms with Crippen LogP contribution in [0.3, 0.4) is 0 Å². The molecule has 4 aliphatic carbocycles. The molecule has 1 aromatic heterocycles. The van der Waals surface area contributed by atoms with Crippen molar-refractivity contribution in [2.24, 2.45) is 48.0 Å². The molecule has 0 aliphatic heterocycles. The van der Waals surface area contributed by atoms with Crippen LogP contribution in [-0.2, 0) is 18.3 Å². The number of carbonyl (C=O) groups is 1. The molecule has 4 nitrogen and oxygen atoms in total. The lowest BCUT2D eigenvalue weighted by Gasteiger charge is -2.56. The summed E-state index contributed by atoms with van der Waals surface area (Å²) in [6.45, 7) is 4.50. The van der Waals surface area contributed by atoms with Crippen molar-refractivity contribution in [3.63, 3.8) is 0 Å². The number of rotatable bonds is 3. The van der Waals surface area contributed by atoms with Gasteiger partial charge in [-0.2, -0.15) is 0 Å². The molecule has 0 amide bonds. The summed E-state index contributed by atoms with van der Waals surface area (Å²) in [4.78, 5) is 18.5. The average molecular weight is 449 g/mol. The van der Waals surface area contributed by atoms with E-state index in [0.29, 0.717) is 18.1 Å². The van der Waals surface area contributed by atoms with Gasteiger partial charge in [0, 0.05) is 13.0 Å². The molecule has 8 atom stereocenters. The highest BCUT2D eigenvalue weighted by Crippen LogP contribution is 2.64. The van der Waals surface area contributed by atoms with E-state index in [9.17, 15) is 9.90 Å². The van der Waals surface area contributed by atoms with Crippen molar-refractivity contribution in [2.75, 3.05) is 0 Å². The summed E-state index contributed by atoms with van der Waals surface area (Å²) in [5, 5.41) is 10.6. The number of Topliss-reactive ketones (excluding diaryl/α,β-unsaturated/α-hetero) is 1. The summed E-state index contributed by atoms with van der Waals surface area (Å²) in [6.07, 6.45) is 11.0. The third-order valence-corrected chi connectivity index (χ3v) is 10.8. The maximum Gasteiger partial charge on any atom is 0.144 e. The monoisotopic (exact) mass is 448 g/mol. The number of carbonyl (C=O) groups excluding carboxylic acids is 1. The fourth-order valence-electron chi connectivity index (χ4n) is 9.24. The fourth-order valence-corrected chi connectivity index (χ4v) is 9.24. The van der Waals surface area contributed by atoms with Crippen LogP contribution in [0.25, 0.3) is 11.0 Å². The second-order valence-electron chi connectivity index (χ2n) is 12.6. The van der Waals surface area contributed by atoms with E-state index in [4.69, 9.17) is 4.98 Å². The Morgan fingerprint density at radius 2 is 1.82 bits per heavy atom. The van der Waals surface area contributed by atoms with Gasteiger partial charge in [0.2, 0.25) is 0 Å². The van der Waals surface area contributed by atoms with Gasteiger partial charge >= 0.3 is 0 Å². The molecular weight excluding hydrogens is 408 g/mol. The Kier molecular flexibility index (Phi) is 5.07. The van der Waals surface area contributed by atoms with Crippen molar-refractivity contribution in [1.29, 1.82) is 0 Å². The van der Waals surface area contributed by atoms with E-state index in [-0.39, 0.29) is 11.3 Å². The van der Waals surface area contributed by atoms with Crippen LogP contribution in [0.1, 0.15) is 77.5 Å². The van der Waals surface area contributed by atoms with E-state index in [0.717, 1.165) is 59.8 Å². The maximum absolute atomic E-state index is 13.7. The molecular formula is C29H40N2O2. The molecule has 1 aromatic carbocycles. The zero-order chi connectivity index (χ0) is 23.0. The Bertz CT molecular complexity index is 1070. The number of aryl methyl sites for hydroxylation is 1. The molecule has 4 fully saturated rings. The number of hydrogen-bond donors (Lipinski definition) is 1. The molecule has 4 aliphatic rings. The normalized spacial score (nSPS) is 42.5. The number of para-hydroxylation sites is 2. The average Bonchev–Trinajstić information content (AvgIpc) is 3.29. The Balaban J connectivity index is 1.20. The van der Waals surface area contributed by atoms with Crippen LogP contribution in [0.2, 0.25) is 0 Å². The van der Waals surface area contributed by atoms with E-state index in [1.54, 1.807) is 0 Å². The van der Waals surface area contributed by atoms with Crippen LogP contribution >= 0.6 is 0 Å². The number of benzene rings is 1. The summed E-state index contributed by atoms with van der Waals surface area (Å²) in [5.74, 6) is 5.37. The molecule has 4 heteroatoms. The molecule has 33 heavy (non-hydrogen) atoms. The second kappa shape index (κ2) is 7.66. The SMILES string of the molecule is Cn1c(CC(=O)C2CCC3C4CCC5CC(C)(O)CCC5C4CCC23C)nc2ccccc21. The van der Waals surface area contributed by atoms with Crippen LogP contribution in [0, 0.1) is 40.9 Å². The Hall–Kier alpha value is -1.68. The molecule has 178 valence electrons. The van der Waals surface area contributed by atoms with Gasteiger partial charge in [-0.3, -0.25) is 4.79 Å². The summed E-state index contributed by atoms with van der Waals surface area (Å²) >= 11 is 0.